The van der Waals surface area contributed by atoms with Crippen LogP contribution in [0.2, 0.25) is 15.1 Å². The van der Waals surface area contributed by atoms with Crippen molar-refractivity contribution in [3.05, 3.63) is 87.4 Å². The number of hydrogen-bond donors (Lipinski definition) is 1. The second kappa shape index (κ2) is 14.3. The van der Waals surface area contributed by atoms with Gasteiger partial charge in [-0.25, -0.2) is 8.42 Å². The van der Waals surface area contributed by atoms with Crippen molar-refractivity contribution in [3.8, 4) is 5.75 Å². The number of sulfonamides is 1. The molecular formula is C29H32Cl3N3O5S. The summed E-state index contributed by atoms with van der Waals surface area (Å²) in [6.45, 7) is 4.58. The van der Waals surface area contributed by atoms with Crippen molar-refractivity contribution in [3.63, 3.8) is 0 Å². The molecule has 3 aromatic rings. The molecule has 0 fully saturated rings. The molecule has 2 amide bonds. The molecule has 1 N–H and O–H groups in total. The smallest absolute Gasteiger partial charge is 0.264 e. The van der Waals surface area contributed by atoms with Crippen molar-refractivity contribution in [2.45, 2.75) is 50.7 Å². The summed E-state index contributed by atoms with van der Waals surface area (Å²) in [4.78, 5) is 28.5. The van der Waals surface area contributed by atoms with Crippen LogP contribution in [0.25, 0.3) is 0 Å². The quantitative estimate of drug-likeness (QED) is 0.255. The van der Waals surface area contributed by atoms with Gasteiger partial charge in [0.15, 0.2) is 0 Å². The average molecular weight is 641 g/mol. The molecule has 0 aliphatic heterocycles. The molecule has 8 nitrogen and oxygen atoms in total. The van der Waals surface area contributed by atoms with Crippen LogP contribution in [0.4, 0.5) is 5.69 Å². The molecule has 0 saturated heterocycles. The third-order valence-corrected chi connectivity index (χ3v) is 9.38. The molecular weight excluding hydrogens is 609 g/mol. The molecule has 0 aromatic heterocycles. The number of rotatable bonds is 12. The largest absolute Gasteiger partial charge is 0.495 e. The Labute approximate surface area is 256 Å². The highest BCUT2D eigenvalue weighted by Crippen LogP contribution is 2.33. The number of nitrogens with one attached hydrogen (secondary N) is 1. The van der Waals surface area contributed by atoms with Gasteiger partial charge in [0.1, 0.15) is 18.3 Å². The van der Waals surface area contributed by atoms with Crippen LogP contribution in [-0.4, -0.2) is 50.9 Å². The second-order valence-electron chi connectivity index (χ2n) is 9.36. The maximum Gasteiger partial charge on any atom is 0.264 e. The van der Waals surface area contributed by atoms with E-state index in [9.17, 15) is 18.0 Å². The van der Waals surface area contributed by atoms with E-state index in [1.807, 2.05) is 13.8 Å². The average Bonchev–Trinajstić information content (AvgIpc) is 2.95. The fourth-order valence-electron chi connectivity index (χ4n) is 3.96. The highest BCUT2D eigenvalue weighted by Gasteiger charge is 2.33. The van der Waals surface area contributed by atoms with Gasteiger partial charge in [-0.2, -0.15) is 0 Å². The fourth-order valence-corrected chi connectivity index (χ4v) is 6.16. The maximum atomic E-state index is 14.0. The van der Waals surface area contributed by atoms with Crippen molar-refractivity contribution in [2.75, 3.05) is 18.0 Å². The number of ether oxygens (including phenoxy) is 1. The third kappa shape index (κ3) is 7.86. The zero-order chi connectivity index (χ0) is 30.3. The summed E-state index contributed by atoms with van der Waals surface area (Å²) in [6, 6.07) is 15.9. The highest BCUT2D eigenvalue weighted by atomic mass is 35.5. The lowest BCUT2D eigenvalue weighted by atomic mass is 10.1. The van der Waals surface area contributed by atoms with Crippen molar-refractivity contribution < 1.29 is 22.7 Å². The van der Waals surface area contributed by atoms with Crippen LogP contribution < -0.4 is 14.4 Å². The summed E-state index contributed by atoms with van der Waals surface area (Å²) in [5.41, 5.74) is 0.567. The molecule has 41 heavy (non-hydrogen) atoms. The van der Waals surface area contributed by atoms with Crippen LogP contribution in [0.1, 0.15) is 32.8 Å². The van der Waals surface area contributed by atoms with Crippen molar-refractivity contribution in [2.24, 2.45) is 0 Å². The van der Waals surface area contributed by atoms with Crippen LogP contribution in [0.15, 0.2) is 71.6 Å². The molecule has 3 rings (SSSR count). The lowest BCUT2D eigenvalue weighted by Crippen LogP contribution is -2.52. The molecule has 0 radical (unpaired) electrons. The van der Waals surface area contributed by atoms with E-state index >= 15 is 0 Å². The van der Waals surface area contributed by atoms with Crippen molar-refractivity contribution >= 4 is 62.3 Å². The summed E-state index contributed by atoms with van der Waals surface area (Å²) in [5.74, 6) is -0.718. The molecule has 12 heteroatoms. The number of nitrogens with zero attached hydrogens (tertiary/aromatic N) is 2. The summed E-state index contributed by atoms with van der Waals surface area (Å²) in [7, 11) is -2.81. The Morgan fingerprint density at radius 3 is 2.12 bits per heavy atom. The van der Waals surface area contributed by atoms with Crippen LogP contribution in [0, 0.1) is 0 Å². The van der Waals surface area contributed by atoms with Gasteiger partial charge >= 0.3 is 0 Å². The topological polar surface area (TPSA) is 96.0 Å². The number of carbonyl (C=O) groups excluding carboxylic acids is 2. The van der Waals surface area contributed by atoms with E-state index in [4.69, 9.17) is 39.5 Å². The lowest BCUT2D eigenvalue weighted by Gasteiger charge is -2.33. The summed E-state index contributed by atoms with van der Waals surface area (Å²) < 4.78 is 33.9. The SMILES string of the molecule is CC[C@H](C)NC(=O)[C@H](C)N(Cc1c(Cl)cccc1Cl)C(=O)CN(c1ccc(OC)c(Cl)c1)S(=O)(=O)c1ccccc1. The zero-order valence-corrected chi connectivity index (χ0v) is 26.2. The Kier molecular flexibility index (Phi) is 11.3. The zero-order valence-electron chi connectivity index (χ0n) is 23.1. The fraction of sp³-hybridized carbons (Fsp3) is 0.310. The Morgan fingerprint density at radius 2 is 1.56 bits per heavy atom. The third-order valence-electron chi connectivity index (χ3n) is 6.59. The van der Waals surface area contributed by atoms with Crippen molar-refractivity contribution in [1.29, 1.82) is 0 Å². The summed E-state index contributed by atoms with van der Waals surface area (Å²) in [5, 5.41) is 3.65. The maximum absolute atomic E-state index is 14.0. The number of carbonyl (C=O) groups is 2. The first-order chi connectivity index (χ1) is 19.4. The Bertz CT molecular complexity index is 1470. The first-order valence-electron chi connectivity index (χ1n) is 12.8. The van der Waals surface area contributed by atoms with Gasteiger partial charge in [-0.15, -0.1) is 0 Å². The van der Waals surface area contributed by atoms with Crippen LogP contribution in [-0.2, 0) is 26.2 Å². The number of benzene rings is 3. The predicted octanol–water partition coefficient (Wildman–Crippen LogP) is 6.18. The Morgan fingerprint density at radius 1 is 0.927 bits per heavy atom. The summed E-state index contributed by atoms with van der Waals surface area (Å²) >= 11 is 19.2. The minimum absolute atomic E-state index is 0.0250. The van der Waals surface area contributed by atoms with Gasteiger partial charge in [-0.05, 0) is 62.7 Å². The summed E-state index contributed by atoms with van der Waals surface area (Å²) in [6.07, 6.45) is 0.685. The van der Waals surface area contributed by atoms with E-state index in [-0.39, 0.29) is 28.2 Å². The van der Waals surface area contributed by atoms with Crippen LogP contribution in [0.5, 0.6) is 5.75 Å². The van der Waals surface area contributed by atoms with Crippen molar-refractivity contribution in [1.82, 2.24) is 10.2 Å². The molecule has 0 aliphatic carbocycles. The van der Waals surface area contributed by atoms with Gasteiger partial charge < -0.3 is 15.0 Å². The first kappa shape index (κ1) is 32.5. The molecule has 2 atom stereocenters. The molecule has 0 saturated carbocycles. The lowest BCUT2D eigenvalue weighted by molar-refractivity contribution is -0.139. The van der Waals surface area contributed by atoms with E-state index in [0.717, 1.165) is 4.31 Å². The van der Waals surface area contributed by atoms with Gasteiger partial charge in [0, 0.05) is 28.2 Å². The Balaban J connectivity index is 2.09. The molecule has 220 valence electrons. The van der Waals surface area contributed by atoms with E-state index in [1.165, 1.54) is 42.3 Å². The number of anilines is 1. The number of hydrogen-bond acceptors (Lipinski definition) is 5. The number of amides is 2. The molecule has 0 bridgehead atoms. The van der Waals surface area contributed by atoms with Gasteiger partial charge in [0.25, 0.3) is 10.0 Å². The monoisotopic (exact) mass is 639 g/mol. The number of methoxy groups -OCH3 is 1. The van der Waals surface area contributed by atoms with Gasteiger partial charge in [-0.1, -0.05) is 66.0 Å². The molecule has 0 spiro atoms. The molecule has 3 aromatic carbocycles. The van der Waals surface area contributed by atoms with E-state index in [2.05, 4.69) is 5.32 Å². The first-order valence-corrected chi connectivity index (χ1v) is 15.4. The molecule has 0 aliphatic rings. The van der Waals surface area contributed by atoms with E-state index in [1.54, 1.807) is 43.3 Å². The second-order valence-corrected chi connectivity index (χ2v) is 12.4. The number of halogens is 3. The van der Waals surface area contributed by atoms with Gasteiger partial charge in [-0.3, -0.25) is 13.9 Å². The molecule has 0 heterocycles. The van der Waals surface area contributed by atoms with Crippen LogP contribution in [0.3, 0.4) is 0 Å². The van der Waals surface area contributed by atoms with Gasteiger partial charge in [0.2, 0.25) is 11.8 Å². The normalized spacial score (nSPS) is 12.8. The van der Waals surface area contributed by atoms with E-state index in [0.29, 0.717) is 27.8 Å². The van der Waals surface area contributed by atoms with E-state index < -0.39 is 34.4 Å². The molecule has 0 unspecified atom stereocenters. The standard InChI is InChI=1S/C29H32Cl3N3O5S/c1-5-19(2)33-29(37)20(3)34(17-23-24(30)12-9-13-25(23)31)28(36)18-35(21-14-15-27(40-4)26(32)16-21)41(38,39)22-10-7-6-8-11-22/h6-16,19-20H,5,17-18H2,1-4H3,(H,33,37)/t19-,20-/m0/s1. The van der Waals surface area contributed by atoms with Gasteiger partial charge in [0.05, 0.1) is 22.7 Å². The predicted molar refractivity (Wildman–Crippen MR) is 163 cm³/mol. The van der Waals surface area contributed by atoms with Crippen LogP contribution >= 0.6 is 34.8 Å². The highest BCUT2D eigenvalue weighted by molar-refractivity contribution is 7.92. The minimum atomic E-state index is -4.24. The minimum Gasteiger partial charge on any atom is -0.495 e. The Hall–Kier alpha value is -2.98.